The molecule has 0 bridgehead atoms. The molecule has 1 atom stereocenters. The SMILES string of the molecule is CCSc1ccc(-c2cccc(CC(N)CO)c2)cc1. The molecule has 0 aliphatic carbocycles. The maximum absolute atomic E-state index is 9.04. The van der Waals surface area contributed by atoms with Crippen LogP contribution in [0.4, 0.5) is 0 Å². The van der Waals surface area contributed by atoms with E-state index >= 15 is 0 Å². The molecule has 0 saturated carbocycles. The van der Waals surface area contributed by atoms with Gasteiger partial charge in [0.05, 0.1) is 6.61 Å². The normalized spacial score (nSPS) is 12.3. The average Bonchev–Trinajstić information content (AvgIpc) is 2.48. The highest BCUT2D eigenvalue weighted by atomic mass is 32.2. The van der Waals surface area contributed by atoms with Crippen molar-refractivity contribution in [2.75, 3.05) is 12.4 Å². The molecule has 20 heavy (non-hydrogen) atoms. The second kappa shape index (κ2) is 7.48. The summed E-state index contributed by atoms with van der Waals surface area (Å²) in [7, 11) is 0. The van der Waals surface area contributed by atoms with Gasteiger partial charge in [-0.1, -0.05) is 43.3 Å². The molecular formula is C17H21NOS. The topological polar surface area (TPSA) is 46.2 Å². The predicted molar refractivity (Wildman–Crippen MR) is 87.0 cm³/mol. The third kappa shape index (κ3) is 4.10. The molecule has 2 rings (SSSR count). The number of benzene rings is 2. The monoisotopic (exact) mass is 287 g/mol. The Kier molecular flexibility index (Phi) is 5.65. The zero-order valence-electron chi connectivity index (χ0n) is 11.8. The van der Waals surface area contributed by atoms with Gasteiger partial charge in [0.25, 0.3) is 0 Å². The van der Waals surface area contributed by atoms with Crippen LogP contribution in [0, 0.1) is 0 Å². The van der Waals surface area contributed by atoms with E-state index in [2.05, 4.69) is 49.4 Å². The Bertz CT molecular complexity index is 539. The van der Waals surface area contributed by atoms with E-state index in [1.54, 1.807) is 0 Å². The third-order valence-corrected chi connectivity index (χ3v) is 4.05. The van der Waals surface area contributed by atoms with Gasteiger partial charge in [0, 0.05) is 10.9 Å². The smallest absolute Gasteiger partial charge is 0.0585 e. The van der Waals surface area contributed by atoms with E-state index in [4.69, 9.17) is 10.8 Å². The van der Waals surface area contributed by atoms with Crippen molar-refractivity contribution in [3.8, 4) is 11.1 Å². The van der Waals surface area contributed by atoms with E-state index in [1.807, 2.05) is 17.8 Å². The lowest BCUT2D eigenvalue weighted by atomic mass is 10.00. The maximum Gasteiger partial charge on any atom is 0.0585 e. The molecule has 106 valence electrons. The maximum atomic E-state index is 9.04. The highest BCUT2D eigenvalue weighted by Crippen LogP contribution is 2.25. The Morgan fingerprint density at radius 3 is 2.50 bits per heavy atom. The molecule has 0 aliphatic heterocycles. The fraction of sp³-hybridized carbons (Fsp3) is 0.294. The molecule has 0 aromatic heterocycles. The molecule has 0 amide bonds. The van der Waals surface area contributed by atoms with Gasteiger partial charge in [0.1, 0.15) is 0 Å². The van der Waals surface area contributed by atoms with Gasteiger partial charge in [-0.05, 0) is 41.0 Å². The van der Waals surface area contributed by atoms with E-state index < -0.39 is 0 Å². The van der Waals surface area contributed by atoms with Crippen molar-refractivity contribution >= 4 is 11.8 Å². The molecule has 2 nitrogen and oxygen atoms in total. The minimum absolute atomic E-state index is 0.0210. The number of aliphatic hydroxyl groups is 1. The summed E-state index contributed by atoms with van der Waals surface area (Å²) in [6.07, 6.45) is 0.702. The van der Waals surface area contributed by atoms with Crippen LogP contribution in [0.1, 0.15) is 12.5 Å². The van der Waals surface area contributed by atoms with Crippen molar-refractivity contribution in [2.45, 2.75) is 24.3 Å². The Balaban J connectivity index is 2.17. The van der Waals surface area contributed by atoms with E-state index in [0.29, 0.717) is 6.42 Å². The van der Waals surface area contributed by atoms with Crippen LogP contribution >= 0.6 is 11.8 Å². The van der Waals surface area contributed by atoms with Gasteiger partial charge >= 0.3 is 0 Å². The fourth-order valence-corrected chi connectivity index (χ4v) is 2.82. The highest BCUT2D eigenvalue weighted by molar-refractivity contribution is 7.99. The molecule has 2 aromatic carbocycles. The minimum atomic E-state index is -0.186. The molecule has 0 spiro atoms. The molecule has 0 saturated heterocycles. The summed E-state index contributed by atoms with van der Waals surface area (Å²) >= 11 is 1.85. The first-order valence-corrected chi connectivity index (χ1v) is 7.90. The van der Waals surface area contributed by atoms with Crippen molar-refractivity contribution in [1.29, 1.82) is 0 Å². The van der Waals surface area contributed by atoms with Crippen molar-refractivity contribution < 1.29 is 5.11 Å². The quantitative estimate of drug-likeness (QED) is 0.801. The number of thioether (sulfide) groups is 1. The Morgan fingerprint density at radius 1 is 1.10 bits per heavy atom. The van der Waals surface area contributed by atoms with Crippen LogP contribution in [-0.4, -0.2) is 23.5 Å². The first kappa shape index (κ1) is 15.1. The zero-order chi connectivity index (χ0) is 14.4. The fourth-order valence-electron chi connectivity index (χ4n) is 2.16. The van der Waals surface area contributed by atoms with E-state index in [0.717, 1.165) is 11.3 Å². The van der Waals surface area contributed by atoms with Gasteiger partial charge in [0.2, 0.25) is 0 Å². The summed E-state index contributed by atoms with van der Waals surface area (Å²) < 4.78 is 0. The van der Waals surface area contributed by atoms with Crippen LogP contribution in [0.3, 0.4) is 0 Å². The number of hydrogen-bond acceptors (Lipinski definition) is 3. The molecule has 3 N–H and O–H groups in total. The molecule has 0 radical (unpaired) electrons. The van der Waals surface area contributed by atoms with E-state index in [9.17, 15) is 0 Å². The first-order chi connectivity index (χ1) is 9.72. The van der Waals surface area contributed by atoms with E-state index in [1.165, 1.54) is 16.0 Å². The van der Waals surface area contributed by atoms with Gasteiger partial charge in [0.15, 0.2) is 0 Å². The summed E-state index contributed by atoms with van der Waals surface area (Å²) in [6.45, 7) is 2.18. The summed E-state index contributed by atoms with van der Waals surface area (Å²) in [4.78, 5) is 1.30. The van der Waals surface area contributed by atoms with Crippen molar-refractivity contribution in [2.24, 2.45) is 5.73 Å². The number of nitrogens with two attached hydrogens (primary N) is 1. The first-order valence-electron chi connectivity index (χ1n) is 6.91. The van der Waals surface area contributed by atoms with E-state index in [-0.39, 0.29) is 12.6 Å². The average molecular weight is 287 g/mol. The van der Waals surface area contributed by atoms with Crippen molar-refractivity contribution in [3.63, 3.8) is 0 Å². The van der Waals surface area contributed by atoms with Gasteiger partial charge in [-0.3, -0.25) is 0 Å². The molecular weight excluding hydrogens is 266 g/mol. The summed E-state index contributed by atoms with van der Waals surface area (Å²) in [5.41, 5.74) is 9.37. The lowest BCUT2D eigenvalue weighted by Crippen LogP contribution is -2.26. The highest BCUT2D eigenvalue weighted by Gasteiger charge is 2.04. The van der Waals surface area contributed by atoms with Crippen LogP contribution in [0.5, 0.6) is 0 Å². The molecule has 0 aliphatic rings. The van der Waals surface area contributed by atoms with Gasteiger partial charge in [-0.2, -0.15) is 0 Å². The van der Waals surface area contributed by atoms with Crippen LogP contribution in [0.25, 0.3) is 11.1 Å². The van der Waals surface area contributed by atoms with Crippen LogP contribution in [0.2, 0.25) is 0 Å². The number of hydrogen-bond donors (Lipinski definition) is 2. The lowest BCUT2D eigenvalue weighted by Gasteiger charge is -2.10. The second-order valence-corrected chi connectivity index (χ2v) is 6.14. The Hall–Kier alpha value is -1.29. The molecule has 0 fully saturated rings. The lowest BCUT2D eigenvalue weighted by molar-refractivity contribution is 0.265. The molecule has 1 unspecified atom stereocenters. The van der Waals surface area contributed by atoms with Crippen LogP contribution in [-0.2, 0) is 6.42 Å². The predicted octanol–water partition coefficient (Wildman–Crippen LogP) is 3.33. The number of rotatable bonds is 6. The summed E-state index contributed by atoms with van der Waals surface area (Å²) in [5.74, 6) is 1.09. The zero-order valence-corrected chi connectivity index (χ0v) is 12.6. The molecule has 0 heterocycles. The molecule has 2 aromatic rings. The van der Waals surface area contributed by atoms with Crippen molar-refractivity contribution in [3.05, 3.63) is 54.1 Å². The van der Waals surface area contributed by atoms with Gasteiger partial charge < -0.3 is 10.8 Å². The van der Waals surface area contributed by atoms with Gasteiger partial charge in [-0.15, -0.1) is 11.8 Å². The van der Waals surface area contributed by atoms with Crippen LogP contribution < -0.4 is 5.73 Å². The van der Waals surface area contributed by atoms with Gasteiger partial charge in [-0.25, -0.2) is 0 Å². The second-order valence-electron chi connectivity index (χ2n) is 4.80. The Morgan fingerprint density at radius 2 is 1.85 bits per heavy atom. The summed E-state index contributed by atoms with van der Waals surface area (Å²) in [5, 5.41) is 9.04. The van der Waals surface area contributed by atoms with Crippen molar-refractivity contribution in [1.82, 2.24) is 0 Å². The molecule has 3 heteroatoms. The summed E-state index contributed by atoms with van der Waals surface area (Å²) in [6, 6.07) is 16.8. The third-order valence-electron chi connectivity index (χ3n) is 3.16. The number of aliphatic hydroxyl groups excluding tert-OH is 1. The standard InChI is InChI=1S/C17H21NOS/c1-2-20-17-8-6-14(7-9-17)15-5-3-4-13(10-15)11-16(18)12-19/h3-10,16,19H,2,11-12,18H2,1H3. The minimum Gasteiger partial charge on any atom is -0.395 e. The Labute approximate surface area is 125 Å². The van der Waals surface area contributed by atoms with Crippen LogP contribution in [0.15, 0.2) is 53.4 Å². The largest absolute Gasteiger partial charge is 0.395 e.